The lowest BCUT2D eigenvalue weighted by Gasteiger charge is -2.20. The van der Waals surface area contributed by atoms with E-state index in [2.05, 4.69) is 35.3 Å². The predicted molar refractivity (Wildman–Crippen MR) is 95.6 cm³/mol. The van der Waals surface area contributed by atoms with Crippen LogP contribution in [0.1, 0.15) is 29.5 Å². The Morgan fingerprint density at radius 2 is 1.87 bits per heavy atom. The minimum atomic E-state index is -0.0209. The highest BCUT2D eigenvalue weighted by atomic mass is 16.2. The summed E-state index contributed by atoms with van der Waals surface area (Å²) in [4.78, 5) is 14.7. The number of rotatable bonds is 2. The van der Waals surface area contributed by atoms with Crippen LogP contribution in [-0.4, -0.2) is 19.0 Å². The van der Waals surface area contributed by atoms with Gasteiger partial charge in [-0.2, -0.15) is 0 Å². The number of carbonyl (C=O) groups is 1. The lowest BCUT2D eigenvalue weighted by molar-refractivity contribution is -0.110. The highest BCUT2D eigenvalue weighted by Crippen LogP contribution is 2.33. The summed E-state index contributed by atoms with van der Waals surface area (Å²) in [5.74, 6) is -0.0209. The third-order valence-corrected chi connectivity index (χ3v) is 4.69. The monoisotopic (exact) mass is 304 g/mol. The molecule has 2 aromatic rings. The van der Waals surface area contributed by atoms with Crippen molar-refractivity contribution in [2.75, 3.05) is 23.3 Å². The van der Waals surface area contributed by atoms with Gasteiger partial charge in [-0.3, -0.25) is 4.79 Å². The number of anilines is 2. The molecule has 116 valence electrons. The van der Waals surface area contributed by atoms with Crippen LogP contribution in [0.4, 0.5) is 11.4 Å². The molecule has 1 N–H and O–H groups in total. The van der Waals surface area contributed by atoms with Crippen molar-refractivity contribution >= 4 is 28.9 Å². The summed E-state index contributed by atoms with van der Waals surface area (Å²) in [5, 5.41) is 2.92. The summed E-state index contributed by atoms with van der Waals surface area (Å²) in [5.41, 5.74) is 6.29. The molecule has 3 heteroatoms. The summed E-state index contributed by atoms with van der Waals surface area (Å²) >= 11 is 0. The maximum atomic E-state index is 12.2. The van der Waals surface area contributed by atoms with Crippen LogP contribution in [0.5, 0.6) is 0 Å². The van der Waals surface area contributed by atoms with Crippen LogP contribution in [0.3, 0.4) is 0 Å². The topological polar surface area (TPSA) is 32.3 Å². The first-order valence-corrected chi connectivity index (χ1v) is 8.20. The number of fused-ring (bicyclic) bond motifs is 1. The number of amides is 1. The van der Waals surface area contributed by atoms with Gasteiger partial charge in [0.1, 0.15) is 0 Å². The predicted octanol–water partition coefficient (Wildman–Crippen LogP) is 4.09. The standard InChI is InChI=1S/C20H20N2O/c1-14-12-15(8-9-19(14)22-10-4-5-11-22)13-17-16-6-2-3-7-18(16)21-20(17)23/h2-3,6-9,12-13H,4-5,10-11H2,1H3,(H,21,23)/b17-13+. The average Bonchev–Trinajstić information content (AvgIpc) is 3.17. The number of carbonyl (C=O) groups excluding carboxylic acids is 1. The van der Waals surface area contributed by atoms with E-state index in [1.54, 1.807) is 0 Å². The van der Waals surface area contributed by atoms with Gasteiger partial charge in [-0.25, -0.2) is 0 Å². The van der Waals surface area contributed by atoms with Crippen LogP contribution < -0.4 is 10.2 Å². The Morgan fingerprint density at radius 1 is 1.09 bits per heavy atom. The van der Waals surface area contributed by atoms with Gasteiger partial charge in [-0.1, -0.05) is 24.3 Å². The number of benzene rings is 2. The lowest BCUT2D eigenvalue weighted by Crippen LogP contribution is -2.18. The number of aryl methyl sites for hydroxylation is 1. The van der Waals surface area contributed by atoms with Crippen molar-refractivity contribution < 1.29 is 4.79 Å². The Kier molecular flexibility index (Phi) is 3.41. The zero-order valence-electron chi connectivity index (χ0n) is 13.3. The van der Waals surface area contributed by atoms with E-state index in [0.717, 1.165) is 35.5 Å². The van der Waals surface area contributed by atoms with Gasteiger partial charge in [0.05, 0.1) is 0 Å². The van der Waals surface area contributed by atoms with E-state index in [1.807, 2.05) is 30.3 Å². The van der Waals surface area contributed by atoms with Crippen molar-refractivity contribution in [3.05, 3.63) is 59.2 Å². The van der Waals surface area contributed by atoms with E-state index < -0.39 is 0 Å². The number of para-hydroxylation sites is 1. The molecular formula is C20H20N2O. The van der Waals surface area contributed by atoms with Crippen molar-refractivity contribution in [2.24, 2.45) is 0 Å². The molecule has 0 aliphatic carbocycles. The summed E-state index contributed by atoms with van der Waals surface area (Å²) < 4.78 is 0. The van der Waals surface area contributed by atoms with E-state index in [0.29, 0.717) is 0 Å². The SMILES string of the molecule is Cc1cc(/C=C2/C(=O)Nc3ccccc32)ccc1N1CCCC1. The molecule has 0 atom stereocenters. The van der Waals surface area contributed by atoms with Gasteiger partial charge in [0, 0.05) is 35.6 Å². The second-order valence-electron chi connectivity index (χ2n) is 6.30. The van der Waals surface area contributed by atoms with Crippen molar-refractivity contribution in [1.29, 1.82) is 0 Å². The second kappa shape index (κ2) is 5.58. The van der Waals surface area contributed by atoms with Gasteiger partial charge in [0.2, 0.25) is 0 Å². The van der Waals surface area contributed by atoms with Gasteiger partial charge in [0.15, 0.2) is 0 Å². The molecule has 1 fully saturated rings. The maximum Gasteiger partial charge on any atom is 0.256 e. The molecule has 3 nitrogen and oxygen atoms in total. The first-order valence-electron chi connectivity index (χ1n) is 8.20. The Bertz CT molecular complexity index is 801. The zero-order chi connectivity index (χ0) is 15.8. The molecule has 0 unspecified atom stereocenters. The van der Waals surface area contributed by atoms with Gasteiger partial charge in [0.25, 0.3) is 5.91 Å². The molecule has 0 saturated carbocycles. The van der Waals surface area contributed by atoms with Crippen LogP contribution in [0.15, 0.2) is 42.5 Å². The third kappa shape index (κ3) is 2.52. The molecule has 0 aromatic heterocycles. The first kappa shape index (κ1) is 14.1. The average molecular weight is 304 g/mol. The van der Waals surface area contributed by atoms with Gasteiger partial charge >= 0.3 is 0 Å². The molecule has 2 aliphatic rings. The quantitative estimate of drug-likeness (QED) is 0.848. The van der Waals surface area contributed by atoms with Crippen molar-refractivity contribution in [3.8, 4) is 0 Å². The van der Waals surface area contributed by atoms with Gasteiger partial charge in [-0.15, -0.1) is 0 Å². The largest absolute Gasteiger partial charge is 0.371 e. The van der Waals surface area contributed by atoms with Crippen molar-refractivity contribution in [3.63, 3.8) is 0 Å². The van der Waals surface area contributed by atoms with Gasteiger partial charge in [-0.05, 0) is 55.2 Å². The summed E-state index contributed by atoms with van der Waals surface area (Å²) in [6.45, 7) is 4.45. The van der Waals surface area contributed by atoms with E-state index in [-0.39, 0.29) is 5.91 Å². The molecule has 2 aliphatic heterocycles. The Labute approximate surface area is 136 Å². The molecule has 0 radical (unpaired) electrons. The van der Waals surface area contributed by atoms with Crippen LogP contribution in [-0.2, 0) is 4.79 Å². The molecule has 4 rings (SSSR count). The summed E-state index contributed by atoms with van der Waals surface area (Å²) in [6, 6.07) is 14.3. The number of hydrogen-bond donors (Lipinski definition) is 1. The molecule has 1 amide bonds. The second-order valence-corrected chi connectivity index (χ2v) is 6.30. The van der Waals surface area contributed by atoms with E-state index in [9.17, 15) is 4.79 Å². The van der Waals surface area contributed by atoms with E-state index in [4.69, 9.17) is 0 Å². The van der Waals surface area contributed by atoms with Crippen LogP contribution >= 0.6 is 0 Å². The normalized spacial score (nSPS) is 18.4. The lowest BCUT2D eigenvalue weighted by atomic mass is 10.0. The Hall–Kier alpha value is -2.55. The maximum absolute atomic E-state index is 12.2. The fourth-order valence-electron chi connectivity index (χ4n) is 3.53. The van der Waals surface area contributed by atoms with Gasteiger partial charge < -0.3 is 10.2 Å². The molecular weight excluding hydrogens is 284 g/mol. The van der Waals surface area contributed by atoms with Crippen LogP contribution in [0.2, 0.25) is 0 Å². The molecule has 2 aromatic carbocycles. The minimum absolute atomic E-state index is 0.0209. The zero-order valence-corrected chi connectivity index (χ0v) is 13.3. The van der Waals surface area contributed by atoms with Crippen molar-refractivity contribution in [1.82, 2.24) is 0 Å². The number of nitrogens with one attached hydrogen (secondary N) is 1. The molecule has 23 heavy (non-hydrogen) atoms. The minimum Gasteiger partial charge on any atom is -0.371 e. The Balaban J connectivity index is 1.69. The highest BCUT2D eigenvalue weighted by molar-refractivity contribution is 6.34. The summed E-state index contributed by atoms with van der Waals surface area (Å²) in [7, 11) is 0. The van der Waals surface area contributed by atoms with E-state index in [1.165, 1.54) is 24.1 Å². The fraction of sp³-hybridized carbons (Fsp3) is 0.250. The van der Waals surface area contributed by atoms with E-state index >= 15 is 0 Å². The Morgan fingerprint density at radius 3 is 2.65 bits per heavy atom. The smallest absolute Gasteiger partial charge is 0.256 e. The van der Waals surface area contributed by atoms with Crippen LogP contribution in [0, 0.1) is 6.92 Å². The molecule has 0 spiro atoms. The third-order valence-electron chi connectivity index (χ3n) is 4.69. The molecule has 1 saturated heterocycles. The highest BCUT2D eigenvalue weighted by Gasteiger charge is 2.23. The van der Waals surface area contributed by atoms with Crippen molar-refractivity contribution in [2.45, 2.75) is 19.8 Å². The number of nitrogens with zero attached hydrogens (tertiary/aromatic N) is 1. The molecule has 2 heterocycles. The number of hydrogen-bond acceptors (Lipinski definition) is 2. The van der Waals surface area contributed by atoms with Crippen LogP contribution in [0.25, 0.3) is 11.6 Å². The first-order chi connectivity index (χ1) is 11.2. The fourth-order valence-corrected chi connectivity index (χ4v) is 3.53. The summed E-state index contributed by atoms with van der Waals surface area (Å²) in [6.07, 6.45) is 4.55. The molecule has 0 bridgehead atoms.